The van der Waals surface area contributed by atoms with Gasteiger partial charge in [0.15, 0.2) is 5.16 Å². The van der Waals surface area contributed by atoms with Gasteiger partial charge >= 0.3 is 0 Å². The van der Waals surface area contributed by atoms with Crippen LogP contribution in [0.3, 0.4) is 0 Å². The lowest BCUT2D eigenvalue weighted by atomic mass is 10.1. The first-order valence-electron chi connectivity index (χ1n) is 7.91. The lowest BCUT2D eigenvalue weighted by molar-refractivity contribution is 0.385. The standard InChI is InChI=1S/C17H18N4O4S/c1-4-10-8-13(22)19-17(18-10)26-9-14-20-16(21-25-14)15-11(23-2)6-5-7-12(15)24-3/h5-8H,4,9H2,1-3H3,(H,18,19,22). The van der Waals surface area contributed by atoms with Gasteiger partial charge in [0.05, 0.1) is 20.0 Å². The summed E-state index contributed by atoms with van der Waals surface area (Å²) in [5.74, 6) is 2.33. The van der Waals surface area contributed by atoms with E-state index in [1.807, 2.05) is 13.0 Å². The summed E-state index contributed by atoms with van der Waals surface area (Å²) >= 11 is 1.32. The Balaban J connectivity index is 1.81. The Kier molecular flexibility index (Phi) is 5.57. The minimum Gasteiger partial charge on any atom is -0.496 e. The van der Waals surface area contributed by atoms with Crippen LogP contribution >= 0.6 is 11.8 Å². The number of hydrogen-bond donors (Lipinski definition) is 1. The summed E-state index contributed by atoms with van der Waals surface area (Å²) < 4.78 is 16.0. The zero-order valence-corrected chi connectivity index (χ0v) is 15.4. The van der Waals surface area contributed by atoms with E-state index in [9.17, 15) is 4.79 Å². The molecule has 9 heteroatoms. The van der Waals surface area contributed by atoms with Crippen LogP contribution in [0.1, 0.15) is 18.5 Å². The molecule has 26 heavy (non-hydrogen) atoms. The Hall–Kier alpha value is -2.81. The summed E-state index contributed by atoms with van der Waals surface area (Å²) in [6.45, 7) is 1.95. The van der Waals surface area contributed by atoms with Crippen LogP contribution in [0.15, 0.2) is 38.7 Å². The van der Waals surface area contributed by atoms with Gasteiger partial charge in [0, 0.05) is 11.8 Å². The lowest BCUT2D eigenvalue weighted by Crippen LogP contribution is -2.09. The van der Waals surface area contributed by atoms with Crippen LogP contribution in [-0.2, 0) is 12.2 Å². The van der Waals surface area contributed by atoms with Gasteiger partial charge in [-0.3, -0.25) is 4.79 Å². The Morgan fingerprint density at radius 1 is 1.19 bits per heavy atom. The summed E-state index contributed by atoms with van der Waals surface area (Å²) in [6.07, 6.45) is 0.690. The van der Waals surface area contributed by atoms with E-state index in [1.54, 1.807) is 26.4 Å². The SMILES string of the molecule is CCc1cc(=O)[nH]c(SCc2nc(-c3c(OC)cccc3OC)no2)n1. The lowest BCUT2D eigenvalue weighted by Gasteiger charge is -2.09. The highest BCUT2D eigenvalue weighted by Gasteiger charge is 2.18. The minimum absolute atomic E-state index is 0.177. The average molecular weight is 374 g/mol. The van der Waals surface area contributed by atoms with Crippen molar-refractivity contribution in [3.8, 4) is 22.9 Å². The van der Waals surface area contributed by atoms with Gasteiger partial charge in [-0.05, 0) is 18.6 Å². The number of methoxy groups -OCH3 is 2. The predicted octanol–water partition coefficient (Wildman–Crippen LogP) is 2.69. The Morgan fingerprint density at radius 2 is 1.92 bits per heavy atom. The van der Waals surface area contributed by atoms with Crippen molar-refractivity contribution >= 4 is 11.8 Å². The van der Waals surface area contributed by atoms with E-state index >= 15 is 0 Å². The first-order valence-corrected chi connectivity index (χ1v) is 8.90. The molecule has 136 valence electrons. The van der Waals surface area contributed by atoms with E-state index in [1.165, 1.54) is 17.8 Å². The van der Waals surface area contributed by atoms with E-state index in [-0.39, 0.29) is 5.56 Å². The largest absolute Gasteiger partial charge is 0.496 e. The van der Waals surface area contributed by atoms with Crippen molar-refractivity contribution < 1.29 is 14.0 Å². The highest BCUT2D eigenvalue weighted by Crippen LogP contribution is 2.36. The van der Waals surface area contributed by atoms with E-state index in [0.717, 1.165) is 5.69 Å². The number of aryl methyl sites for hydroxylation is 1. The van der Waals surface area contributed by atoms with Crippen molar-refractivity contribution in [2.75, 3.05) is 14.2 Å². The zero-order chi connectivity index (χ0) is 18.5. The van der Waals surface area contributed by atoms with Crippen LogP contribution in [0.25, 0.3) is 11.4 Å². The van der Waals surface area contributed by atoms with E-state index in [2.05, 4.69) is 20.1 Å². The topological polar surface area (TPSA) is 103 Å². The minimum atomic E-state index is -0.177. The first kappa shape index (κ1) is 18.0. The molecule has 2 heterocycles. The van der Waals surface area contributed by atoms with Gasteiger partial charge in [0.1, 0.15) is 17.1 Å². The molecule has 0 atom stereocenters. The average Bonchev–Trinajstić information content (AvgIpc) is 3.13. The van der Waals surface area contributed by atoms with E-state index in [4.69, 9.17) is 14.0 Å². The van der Waals surface area contributed by atoms with Crippen molar-refractivity contribution in [3.63, 3.8) is 0 Å². The molecule has 1 aromatic carbocycles. The van der Waals surface area contributed by atoms with Crippen molar-refractivity contribution in [1.82, 2.24) is 20.1 Å². The van der Waals surface area contributed by atoms with Crippen LogP contribution in [0, 0.1) is 0 Å². The molecule has 8 nitrogen and oxygen atoms in total. The van der Waals surface area contributed by atoms with Crippen LogP contribution in [0.2, 0.25) is 0 Å². The van der Waals surface area contributed by atoms with Crippen molar-refractivity contribution in [2.45, 2.75) is 24.3 Å². The number of H-pyrrole nitrogens is 1. The number of thioether (sulfide) groups is 1. The number of nitrogens with zero attached hydrogens (tertiary/aromatic N) is 3. The number of hydrogen-bond acceptors (Lipinski definition) is 8. The normalized spacial score (nSPS) is 10.7. The third-order valence-electron chi connectivity index (χ3n) is 3.59. The number of benzene rings is 1. The third-order valence-corrected chi connectivity index (χ3v) is 4.45. The Morgan fingerprint density at radius 3 is 2.58 bits per heavy atom. The molecular formula is C17H18N4O4S. The highest BCUT2D eigenvalue weighted by molar-refractivity contribution is 7.98. The van der Waals surface area contributed by atoms with Crippen LogP contribution in [0.5, 0.6) is 11.5 Å². The van der Waals surface area contributed by atoms with Crippen LogP contribution in [0.4, 0.5) is 0 Å². The van der Waals surface area contributed by atoms with Gasteiger partial charge in [-0.15, -0.1) is 0 Å². The summed E-state index contributed by atoms with van der Waals surface area (Å²) in [6, 6.07) is 6.91. The quantitative estimate of drug-likeness (QED) is 0.497. The number of rotatable bonds is 7. The summed E-state index contributed by atoms with van der Waals surface area (Å²) in [7, 11) is 3.13. The van der Waals surface area contributed by atoms with Gasteiger partial charge in [-0.2, -0.15) is 4.98 Å². The van der Waals surface area contributed by atoms with Gasteiger partial charge < -0.3 is 19.0 Å². The summed E-state index contributed by atoms with van der Waals surface area (Å²) in [4.78, 5) is 23.1. The Bertz CT molecular complexity index is 932. The fourth-order valence-electron chi connectivity index (χ4n) is 2.35. The molecule has 2 aromatic heterocycles. The predicted molar refractivity (Wildman–Crippen MR) is 96.6 cm³/mol. The van der Waals surface area contributed by atoms with E-state index < -0.39 is 0 Å². The number of aromatic amines is 1. The second-order valence-electron chi connectivity index (χ2n) is 5.23. The molecule has 0 bridgehead atoms. The number of ether oxygens (including phenoxy) is 2. The molecule has 3 aromatic rings. The van der Waals surface area contributed by atoms with Gasteiger partial charge in [-0.1, -0.05) is 29.9 Å². The molecule has 0 unspecified atom stereocenters. The van der Waals surface area contributed by atoms with Crippen LogP contribution in [-0.4, -0.2) is 34.3 Å². The second-order valence-corrected chi connectivity index (χ2v) is 6.20. The maximum Gasteiger partial charge on any atom is 0.251 e. The van der Waals surface area contributed by atoms with Gasteiger partial charge in [-0.25, -0.2) is 4.98 Å². The van der Waals surface area contributed by atoms with Crippen molar-refractivity contribution in [2.24, 2.45) is 0 Å². The molecule has 1 N–H and O–H groups in total. The first-order chi connectivity index (χ1) is 12.6. The molecule has 0 saturated carbocycles. The molecule has 0 aliphatic rings. The zero-order valence-electron chi connectivity index (χ0n) is 14.6. The van der Waals surface area contributed by atoms with Gasteiger partial charge in [0.2, 0.25) is 11.7 Å². The maximum atomic E-state index is 11.6. The molecule has 0 aliphatic heterocycles. The second kappa shape index (κ2) is 8.05. The third kappa shape index (κ3) is 3.88. The molecule has 0 radical (unpaired) electrons. The van der Waals surface area contributed by atoms with Crippen LogP contribution < -0.4 is 15.0 Å². The highest BCUT2D eigenvalue weighted by atomic mass is 32.2. The molecule has 3 rings (SSSR count). The van der Waals surface area contributed by atoms with Gasteiger partial charge in [0.25, 0.3) is 5.56 Å². The summed E-state index contributed by atoms with van der Waals surface area (Å²) in [5, 5.41) is 4.53. The summed E-state index contributed by atoms with van der Waals surface area (Å²) in [5.41, 5.74) is 1.18. The molecular weight excluding hydrogens is 356 g/mol. The fourth-order valence-corrected chi connectivity index (χ4v) is 3.08. The molecule has 0 aliphatic carbocycles. The molecule has 0 amide bonds. The van der Waals surface area contributed by atoms with E-state index in [0.29, 0.717) is 46.1 Å². The number of aromatic nitrogens is 4. The molecule has 0 spiro atoms. The van der Waals surface area contributed by atoms with Crippen molar-refractivity contribution in [1.29, 1.82) is 0 Å². The van der Waals surface area contributed by atoms with Crippen molar-refractivity contribution in [3.05, 3.63) is 46.2 Å². The maximum absolute atomic E-state index is 11.6. The molecule has 0 saturated heterocycles. The smallest absolute Gasteiger partial charge is 0.251 e. The Labute approximate surface area is 154 Å². The monoisotopic (exact) mass is 374 g/mol. The fraction of sp³-hybridized carbons (Fsp3) is 0.294. The number of nitrogens with one attached hydrogen (secondary N) is 1. The molecule has 0 fully saturated rings.